The van der Waals surface area contributed by atoms with Crippen molar-refractivity contribution in [2.45, 2.75) is 6.92 Å². The van der Waals surface area contributed by atoms with Crippen LogP contribution in [0.25, 0.3) is 0 Å². The third-order valence-corrected chi connectivity index (χ3v) is 1.26. The zero-order chi connectivity index (χ0) is 8.27. The predicted molar refractivity (Wildman–Crippen MR) is 44.4 cm³/mol. The molecule has 0 aliphatic rings. The summed E-state index contributed by atoms with van der Waals surface area (Å²) in [6.07, 6.45) is 3.32. The minimum absolute atomic E-state index is 0.0566. The molecule has 0 aliphatic heterocycles. The van der Waals surface area contributed by atoms with Crippen LogP contribution in [-0.2, 0) is 0 Å². The lowest BCUT2D eigenvalue weighted by atomic mass is 10.3. The third-order valence-electron chi connectivity index (χ3n) is 1.26. The maximum atomic E-state index is 5.19. The number of nitrogens with zero attached hydrogens (tertiary/aromatic N) is 2. The molecule has 0 saturated carbocycles. The van der Waals surface area contributed by atoms with Crippen LogP contribution in [0.15, 0.2) is 23.5 Å². The summed E-state index contributed by atoms with van der Waals surface area (Å²) >= 11 is 0. The summed E-state index contributed by atoms with van der Waals surface area (Å²) in [7, 11) is 0. The van der Waals surface area contributed by atoms with E-state index in [4.69, 9.17) is 11.5 Å². The predicted octanol–water partition coefficient (Wildman–Crippen LogP) is 0.295. The first-order valence-electron chi connectivity index (χ1n) is 3.20. The van der Waals surface area contributed by atoms with Crippen molar-refractivity contribution in [2.24, 2.45) is 16.5 Å². The zero-order valence-electron chi connectivity index (χ0n) is 6.28. The fourth-order valence-electron chi connectivity index (χ4n) is 0.712. The highest BCUT2D eigenvalue weighted by Crippen LogP contribution is 2.14. The quantitative estimate of drug-likeness (QED) is 0.446. The van der Waals surface area contributed by atoms with E-state index in [1.165, 1.54) is 0 Å². The molecule has 11 heavy (non-hydrogen) atoms. The minimum atomic E-state index is 0.0566. The Morgan fingerprint density at radius 1 is 1.55 bits per heavy atom. The summed E-state index contributed by atoms with van der Waals surface area (Å²) in [4.78, 5) is 7.75. The van der Waals surface area contributed by atoms with Crippen LogP contribution in [0.1, 0.15) is 5.56 Å². The van der Waals surface area contributed by atoms with Crippen LogP contribution in [-0.4, -0.2) is 10.9 Å². The number of aromatic nitrogens is 1. The average molecular weight is 150 g/mol. The molecule has 4 N–H and O–H groups in total. The number of rotatable bonds is 1. The fourth-order valence-corrected chi connectivity index (χ4v) is 0.712. The molecule has 0 fully saturated rings. The van der Waals surface area contributed by atoms with Crippen molar-refractivity contribution in [1.82, 2.24) is 4.98 Å². The molecule has 0 atom stereocenters. The van der Waals surface area contributed by atoms with E-state index in [0.717, 1.165) is 5.56 Å². The molecule has 0 aliphatic carbocycles. The van der Waals surface area contributed by atoms with Crippen LogP contribution >= 0.6 is 0 Å². The summed E-state index contributed by atoms with van der Waals surface area (Å²) in [5.41, 5.74) is 12.1. The first-order valence-corrected chi connectivity index (χ1v) is 3.20. The largest absolute Gasteiger partial charge is 0.370 e. The number of guanidine groups is 1. The monoisotopic (exact) mass is 150 g/mol. The van der Waals surface area contributed by atoms with Gasteiger partial charge in [0.05, 0.1) is 11.9 Å². The van der Waals surface area contributed by atoms with Crippen LogP contribution in [0.3, 0.4) is 0 Å². The molecule has 0 amide bonds. The van der Waals surface area contributed by atoms with Crippen molar-refractivity contribution in [3.63, 3.8) is 0 Å². The molecule has 4 nitrogen and oxygen atoms in total. The van der Waals surface area contributed by atoms with Crippen LogP contribution in [0, 0.1) is 6.92 Å². The van der Waals surface area contributed by atoms with Crippen LogP contribution in [0.4, 0.5) is 5.69 Å². The van der Waals surface area contributed by atoms with Gasteiger partial charge in [-0.1, -0.05) is 0 Å². The zero-order valence-corrected chi connectivity index (χ0v) is 6.28. The molecule has 0 aromatic carbocycles. The maximum Gasteiger partial charge on any atom is 0.191 e. The minimum Gasteiger partial charge on any atom is -0.370 e. The number of nitrogens with two attached hydrogens (primary N) is 2. The van der Waals surface area contributed by atoms with Crippen LogP contribution < -0.4 is 11.5 Å². The lowest BCUT2D eigenvalue weighted by Crippen LogP contribution is -2.22. The molecule has 0 saturated heterocycles. The Balaban J connectivity index is 3.04. The van der Waals surface area contributed by atoms with Gasteiger partial charge in [0.1, 0.15) is 0 Å². The van der Waals surface area contributed by atoms with Crippen LogP contribution in [0.2, 0.25) is 0 Å². The van der Waals surface area contributed by atoms with Crippen molar-refractivity contribution in [2.75, 3.05) is 0 Å². The van der Waals surface area contributed by atoms with Gasteiger partial charge in [0.15, 0.2) is 5.96 Å². The van der Waals surface area contributed by atoms with Gasteiger partial charge in [-0.25, -0.2) is 4.99 Å². The first kappa shape index (κ1) is 7.53. The van der Waals surface area contributed by atoms with Crippen molar-refractivity contribution >= 4 is 11.6 Å². The van der Waals surface area contributed by atoms with Gasteiger partial charge in [-0.2, -0.15) is 0 Å². The summed E-state index contributed by atoms with van der Waals surface area (Å²) in [5, 5.41) is 0. The van der Waals surface area contributed by atoms with E-state index in [1.54, 1.807) is 12.4 Å². The molecule has 0 bridgehead atoms. The van der Waals surface area contributed by atoms with Gasteiger partial charge in [0.2, 0.25) is 0 Å². The summed E-state index contributed by atoms with van der Waals surface area (Å²) in [6, 6.07) is 1.85. The van der Waals surface area contributed by atoms with Gasteiger partial charge in [0.25, 0.3) is 0 Å². The molecule has 1 aromatic rings. The van der Waals surface area contributed by atoms with E-state index >= 15 is 0 Å². The molecule has 0 spiro atoms. The highest BCUT2D eigenvalue weighted by atomic mass is 15.0. The first-order chi connectivity index (χ1) is 5.20. The molecular formula is C7H10N4. The van der Waals surface area contributed by atoms with Gasteiger partial charge >= 0.3 is 0 Å². The van der Waals surface area contributed by atoms with Crippen molar-refractivity contribution in [3.05, 3.63) is 24.0 Å². The van der Waals surface area contributed by atoms with Gasteiger partial charge in [-0.3, -0.25) is 4.98 Å². The Hall–Kier alpha value is -1.58. The Bertz CT molecular complexity index is 276. The molecular weight excluding hydrogens is 140 g/mol. The second-order valence-electron chi connectivity index (χ2n) is 2.20. The molecule has 1 heterocycles. The summed E-state index contributed by atoms with van der Waals surface area (Å²) in [5.74, 6) is 0.0566. The van der Waals surface area contributed by atoms with E-state index in [9.17, 15) is 0 Å². The molecule has 0 radical (unpaired) electrons. The Labute approximate surface area is 65.0 Å². The third kappa shape index (κ3) is 1.93. The molecule has 1 aromatic heterocycles. The topological polar surface area (TPSA) is 77.3 Å². The second kappa shape index (κ2) is 3.01. The normalized spacial score (nSPS) is 9.18. The lowest BCUT2D eigenvalue weighted by Gasteiger charge is -1.97. The lowest BCUT2D eigenvalue weighted by molar-refractivity contribution is 1.25. The van der Waals surface area contributed by atoms with Gasteiger partial charge < -0.3 is 11.5 Å². The number of aliphatic imine (C=N–C) groups is 1. The Kier molecular flexibility index (Phi) is 2.06. The van der Waals surface area contributed by atoms with E-state index in [0.29, 0.717) is 5.69 Å². The van der Waals surface area contributed by atoms with Crippen molar-refractivity contribution in [3.8, 4) is 0 Å². The number of hydrogen-bond donors (Lipinski definition) is 2. The van der Waals surface area contributed by atoms with E-state index in [2.05, 4.69) is 9.98 Å². The average Bonchev–Trinajstić information content (AvgIpc) is 1.93. The standard InChI is InChI=1S/C7H10N4/c1-5-2-3-10-4-6(5)11-7(8)9/h2-4H,1H3,(H4,8,9,11). The van der Waals surface area contributed by atoms with Crippen LogP contribution in [0.5, 0.6) is 0 Å². The number of hydrogen-bond acceptors (Lipinski definition) is 2. The highest BCUT2D eigenvalue weighted by molar-refractivity contribution is 5.79. The molecule has 58 valence electrons. The SMILES string of the molecule is Cc1ccncc1N=C(N)N. The maximum absolute atomic E-state index is 5.19. The number of aryl methyl sites for hydroxylation is 1. The second-order valence-corrected chi connectivity index (χ2v) is 2.20. The molecule has 4 heteroatoms. The van der Waals surface area contributed by atoms with Crippen molar-refractivity contribution in [1.29, 1.82) is 0 Å². The summed E-state index contributed by atoms with van der Waals surface area (Å²) < 4.78 is 0. The molecule has 1 rings (SSSR count). The van der Waals surface area contributed by atoms with Gasteiger partial charge in [0, 0.05) is 6.20 Å². The van der Waals surface area contributed by atoms with Gasteiger partial charge in [-0.05, 0) is 18.6 Å². The van der Waals surface area contributed by atoms with Gasteiger partial charge in [-0.15, -0.1) is 0 Å². The van der Waals surface area contributed by atoms with Crippen molar-refractivity contribution < 1.29 is 0 Å². The van der Waals surface area contributed by atoms with E-state index in [1.807, 2.05) is 13.0 Å². The fraction of sp³-hybridized carbons (Fsp3) is 0.143. The number of pyridine rings is 1. The molecule has 0 unspecified atom stereocenters. The highest BCUT2D eigenvalue weighted by Gasteiger charge is 1.93. The summed E-state index contributed by atoms with van der Waals surface area (Å²) in [6.45, 7) is 1.92. The Morgan fingerprint density at radius 2 is 2.27 bits per heavy atom. The Morgan fingerprint density at radius 3 is 2.82 bits per heavy atom. The van der Waals surface area contributed by atoms with E-state index < -0.39 is 0 Å². The smallest absolute Gasteiger partial charge is 0.191 e. The van der Waals surface area contributed by atoms with E-state index in [-0.39, 0.29) is 5.96 Å².